The van der Waals surface area contributed by atoms with E-state index in [1.165, 1.54) is 0 Å². The molecule has 50 valence electrons. The number of carbonyl (C=O) groups excluding carboxylic acids is 2. The Labute approximate surface area is 52.0 Å². The van der Waals surface area contributed by atoms with Gasteiger partial charge in [0.1, 0.15) is 12.3 Å². The molecule has 1 aliphatic rings. The molecule has 0 aromatic rings. The minimum absolute atomic E-state index is 0.278. The molecule has 0 saturated carbocycles. The molecular formula is C5H7NO3. The molecular weight excluding hydrogens is 122 g/mol. The van der Waals surface area contributed by atoms with E-state index in [1.807, 2.05) is 0 Å². The molecule has 0 unspecified atom stereocenters. The zero-order chi connectivity index (χ0) is 6.85. The Balaban J connectivity index is 2.61. The normalized spacial score (nSPS) is 27.0. The van der Waals surface area contributed by atoms with Gasteiger partial charge in [0, 0.05) is 6.42 Å². The number of aldehydes is 1. The largest absolute Gasteiger partial charge is 0.301 e. The van der Waals surface area contributed by atoms with Gasteiger partial charge in [-0.3, -0.25) is 10.0 Å². The third-order valence-corrected chi connectivity index (χ3v) is 1.38. The summed E-state index contributed by atoms with van der Waals surface area (Å²) in [6.07, 6.45) is 1.30. The molecule has 0 spiro atoms. The Morgan fingerprint density at radius 1 is 1.78 bits per heavy atom. The number of hydroxylamine groups is 2. The lowest BCUT2D eigenvalue weighted by Gasteiger charge is -2.09. The van der Waals surface area contributed by atoms with Crippen LogP contribution in [0.25, 0.3) is 0 Å². The van der Waals surface area contributed by atoms with Crippen molar-refractivity contribution in [2.24, 2.45) is 0 Å². The summed E-state index contributed by atoms with van der Waals surface area (Å²) in [5.74, 6) is -0.368. The van der Waals surface area contributed by atoms with Crippen molar-refractivity contribution in [3.63, 3.8) is 0 Å². The summed E-state index contributed by atoms with van der Waals surface area (Å²) in [7, 11) is 0. The van der Waals surface area contributed by atoms with Crippen molar-refractivity contribution >= 4 is 12.2 Å². The molecule has 0 aliphatic carbocycles. The number of nitrogens with zero attached hydrogens (tertiary/aromatic N) is 1. The number of amides is 1. The van der Waals surface area contributed by atoms with E-state index >= 15 is 0 Å². The van der Waals surface area contributed by atoms with E-state index in [4.69, 9.17) is 5.21 Å². The van der Waals surface area contributed by atoms with Gasteiger partial charge in [-0.1, -0.05) is 0 Å². The first-order chi connectivity index (χ1) is 4.25. The van der Waals surface area contributed by atoms with E-state index in [9.17, 15) is 9.59 Å². The first kappa shape index (κ1) is 6.22. The van der Waals surface area contributed by atoms with Crippen molar-refractivity contribution in [3.05, 3.63) is 0 Å². The highest BCUT2D eigenvalue weighted by atomic mass is 16.5. The van der Waals surface area contributed by atoms with Gasteiger partial charge in [0.2, 0.25) is 5.91 Å². The molecule has 1 atom stereocenters. The van der Waals surface area contributed by atoms with Gasteiger partial charge in [0.25, 0.3) is 0 Å². The van der Waals surface area contributed by atoms with E-state index < -0.39 is 6.04 Å². The van der Waals surface area contributed by atoms with E-state index in [1.54, 1.807) is 0 Å². The fourth-order valence-electron chi connectivity index (χ4n) is 0.819. The zero-order valence-electron chi connectivity index (χ0n) is 4.78. The van der Waals surface area contributed by atoms with Gasteiger partial charge in [0.15, 0.2) is 0 Å². The van der Waals surface area contributed by atoms with Crippen LogP contribution in [0.2, 0.25) is 0 Å². The van der Waals surface area contributed by atoms with Gasteiger partial charge in [-0.2, -0.15) is 0 Å². The van der Waals surface area contributed by atoms with Crippen LogP contribution in [-0.2, 0) is 9.59 Å². The lowest BCUT2D eigenvalue weighted by Crippen LogP contribution is -2.30. The monoisotopic (exact) mass is 129 g/mol. The van der Waals surface area contributed by atoms with Gasteiger partial charge in [-0.15, -0.1) is 0 Å². The Kier molecular flexibility index (Phi) is 1.48. The van der Waals surface area contributed by atoms with Crippen LogP contribution in [0.3, 0.4) is 0 Å². The summed E-state index contributed by atoms with van der Waals surface area (Å²) < 4.78 is 0. The highest BCUT2D eigenvalue weighted by molar-refractivity contribution is 5.82. The molecule has 1 aliphatic heterocycles. The van der Waals surface area contributed by atoms with Crippen LogP contribution in [0, 0.1) is 0 Å². The molecule has 1 rings (SSSR count). The predicted molar refractivity (Wildman–Crippen MR) is 27.7 cm³/mol. The summed E-state index contributed by atoms with van der Waals surface area (Å²) in [5, 5.41) is 9.20. The van der Waals surface area contributed by atoms with E-state index in [0.717, 1.165) is 0 Å². The Hall–Kier alpha value is -0.900. The Morgan fingerprint density at radius 2 is 2.44 bits per heavy atom. The second kappa shape index (κ2) is 2.14. The van der Waals surface area contributed by atoms with Crippen LogP contribution in [-0.4, -0.2) is 28.5 Å². The van der Waals surface area contributed by atoms with Crippen LogP contribution in [0.15, 0.2) is 0 Å². The molecule has 1 fully saturated rings. The summed E-state index contributed by atoms with van der Waals surface area (Å²) in [5.41, 5.74) is 0. The van der Waals surface area contributed by atoms with Gasteiger partial charge in [-0.05, 0) is 6.42 Å². The first-order valence-electron chi connectivity index (χ1n) is 2.72. The number of rotatable bonds is 1. The number of hydrogen-bond acceptors (Lipinski definition) is 3. The summed E-state index contributed by atoms with van der Waals surface area (Å²) in [6.45, 7) is 0. The second-order valence-electron chi connectivity index (χ2n) is 1.98. The molecule has 1 heterocycles. The fraction of sp³-hybridized carbons (Fsp3) is 0.600. The van der Waals surface area contributed by atoms with Gasteiger partial charge in [0.05, 0.1) is 0 Å². The van der Waals surface area contributed by atoms with Gasteiger partial charge in [-0.25, -0.2) is 5.06 Å². The van der Waals surface area contributed by atoms with Crippen LogP contribution in [0.1, 0.15) is 12.8 Å². The molecule has 4 nitrogen and oxygen atoms in total. The first-order valence-corrected chi connectivity index (χ1v) is 2.72. The van der Waals surface area contributed by atoms with E-state index in [2.05, 4.69) is 0 Å². The highest BCUT2D eigenvalue weighted by Gasteiger charge is 2.28. The van der Waals surface area contributed by atoms with Crippen molar-refractivity contribution in [2.45, 2.75) is 18.9 Å². The maximum Gasteiger partial charge on any atom is 0.246 e. The number of hydrogen-bond donors (Lipinski definition) is 1. The smallest absolute Gasteiger partial charge is 0.246 e. The van der Waals surface area contributed by atoms with Crippen molar-refractivity contribution in [1.82, 2.24) is 5.06 Å². The third kappa shape index (κ3) is 0.929. The average molecular weight is 129 g/mol. The van der Waals surface area contributed by atoms with Gasteiger partial charge >= 0.3 is 0 Å². The molecule has 1 amide bonds. The Bertz CT molecular complexity index is 145. The predicted octanol–water partition coefficient (Wildman–Crippen LogP) is -0.434. The Morgan fingerprint density at radius 3 is 2.67 bits per heavy atom. The van der Waals surface area contributed by atoms with Gasteiger partial charge < -0.3 is 4.79 Å². The van der Waals surface area contributed by atoms with E-state index in [0.29, 0.717) is 17.8 Å². The second-order valence-corrected chi connectivity index (χ2v) is 1.98. The fourth-order valence-corrected chi connectivity index (χ4v) is 0.819. The topological polar surface area (TPSA) is 57.6 Å². The quantitative estimate of drug-likeness (QED) is 0.386. The molecule has 0 radical (unpaired) electrons. The summed E-state index contributed by atoms with van der Waals surface area (Å²) in [4.78, 5) is 20.5. The minimum atomic E-state index is -0.600. The highest BCUT2D eigenvalue weighted by Crippen LogP contribution is 2.13. The molecule has 0 aromatic heterocycles. The summed E-state index contributed by atoms with van der Waals surface area (Å²) in [6, 6.07) is -0.600. The maximum atomic E-state index is 10.5. The maximum absolute atomic E-state index is 10.5. The van der Waals surface area contributed by atoms with Crippen molar-refractivity contribution in [3.8, 4) is 0 Å². The van der Waals surface area contributed by atoms with Crippen LogP contribution < -0.4 is 0 Å². The lowest BCUT2D eigenvalue weighted by molar-refractivity contribution is -0.166. The SMILES string of the molecule is O=C[C@H]1CCC(=O)N1O. The molecule has 1 saturated heterocycles. The van der Waals surface area contributed by atoms with Crippen LogP contribution in [0.5, 0.6) is 0 Å². The molecule has 0 bridgehead atoms. The molecule has 4 heteroatoms. The van der Waals surface area contributed by atoms with Crippen molar-refractivity contribution < 1.29 is 14.8 Å². The van der Waals surface area contributed by atoms with E-state index in [-0.39, 0.29) is 12.3 Å². The lowest BCUT2D eigenvalue weighted by atomic mass is 10.2. The zero-order valence-corrected chi connectivity index (χ0v) is 4.78. The molecule has 9 heavy (non-hydrogen) atoms. The minimum Gasteiger partial charge on any atom is -0.301 e. The number of carbonyl (C=O) groups is 2. The van der Waals surface area contributed by atoms with Crippen molar-refractivity contribution in [1.29, 1.82) is 0 Å². The van der Waals surface area contributed by atoms with Crippen LogP contribution in [0.4, 0.5) is 0 Å². The molecule has 0 aromatic carbocycles. The van der Waals surface area contributed by atoms with Crippen molar-refractivity contribution in [2.75, 3.05) is 0 Å². The summed E-state index contributed by atoms with van der Waals surface area (Å²) >= 11 is 0. The molecule has 1 N–H and O–H groups in total. The average Bonchev–Trinajstić information content (AvgIpc) is 2.15. The third-order valence-electron chi connectivity index (χ3n) is 1.38. The standard InChI is InChI=1S/C5H7NO3/c7-3-4-1-2-5(8)6(4)9/h3-4,9H,1-2H2/t4-/m1/s1. The van der Waals surface area contributed by atoms with Crippen LogP contribution >= 0.6 is 0 Å².